The molecule has 7 nitrogen and oxygen atoms in total. The van der Waals surface area contributed by atoms with Crippen LogP contribution in [0.2, 0.25) is 0 Å². The van der Waals surface area contributed by atoms with Gasteiger partial charge in [0.2, 0.25) is 11.8 Å². The van der Waals surface area contributed by atoms with Crippen LogP contribution in [0, 0.1) is 11.8 Å². The lowest BCUT2D eigenvalue weighted by molar-refractivity contribution is 0.267. The topological polar surface area (TPSA) is 78.5 Å². The van der Waals surface area contributed by atoms with Crippen molar-refractivity contribution >= 4 is 11.0 Å². The molecule has 0 aliphatic rings. The molecule has 0 bridgehead atoms. The Bertz CT molecular complexity index is 1700. The number of hydrogen-bond donors (Lipinski definition) is 1. The lowest BCUT2D eigenvalue weighted by Gasteiger charge is -2.14. The summed E-state index contributed by atoms with van der Waals surface area (Å²) in [5.41, 5.74) is 4.51. The van der Waals surface area contributed by atoms with Crippen LogP contribution in [-0.2, 0) is 20.3 Å². The van der Waals surface area contributed by atoms with Crippen molar-refractivity contribution in [3.8, 4) is 29.3 Å². The maximum Gasteiger partial charge on any atom is 0.333 e. The Hall–Kier alpha value is -4.80. The number of unbranched alkanes of at least 4 members (excludes halogenated alkanes) is 2. The van der Waals surface area contributed by atoms with Gasteiger partial charge in [-0.1, -0.05) is 78.6 Å². The van der Waals surface area contributed by atoms with Crippen molar-refractivity contribution in [3.05, 3.63) is 118 Å². The molecule has 5 aromatic rings. The van der Waals surface area contributed by atoms with Gasteiger partial charge in [-0.2, -0.15) is 4.98 Å². The lowest BCUT2D eigenvalue weighted by Crippen LogP contribution is -2.21. The number of nitrogens with zero attached hydrogens (tertiary/aromatic N) is 3. The summed E-state index contributed by atoms with van der Waals surface area (Å²) >= 11 is 0. The van der Waals surface area contributed by atoms with Gasteiger partial charge in [0, 0.05) is 26.1 Å². The van der Waals surface area contributed by atoms with Crippen molar-refractivity contribution in [3.63, 3.8) is 0 Å². The summed E-state index contributed by atoms with van der Waals surface area (Å²) in [6, 6.07) is 28.9. The van der Waals surface area contributed by atoms with Crippen LogP contribution in [0.3, 0.4) is 0 Å². The zero-order chi connectivity index (χ0) is 27.7. The fourth-order valence-corrected chi connectivity index (χ4v) is 4.46. The quantitative estimate of drug-likeness (QED) is 0.192. The van der Waals surface area contributed by atoms with E-state index >= 15 is 0 Å². The molecule has 0 atom stereocenters. The Morgan fingerprint density at radius 1 is 0.825 bits per heavy atom. The zero-order valence-corrected chi connectivity index (χ0v) is 22.4. The number of fused-ring (bicyclic) bond motifs is 1. The Balaban J connectivity index is 1.53. The molecule has 202 valence electrons. The first kappa shape index (κ1) is 26.8. The van der Waals surface area contributed by atoms with E-state index in [-0.39, 0.29) is 18.9 Å². The zero-order valence-electron chi connectivity index (χ0n) is 22.4. The van der Waals surface area contributed by atoms with Crippen LogP contribution in [0.15, 0.2) is 95.8 Å². The third-order valence-electron chi connectivity index (χ3n) is 6.51. The number of pyridine rings is 1. The molecule has 0 unspecified atom stereocenters. The number of hydrogen-bond acceptors (Lipinski definition) is 5. The molecule has 0 radical (unpaired) electrons. The number of imidazole rings is 1. The molecule has 0 aliphatic heterocycles. The minimum atomic E-state index is -0.228. The molecular formula is C33H31N3O4. The fourth-order valence-electron chi connectivity index (χ4n) is 4.46. The summed E-state index contributed by atoms with van der Waals surface area (Å²) in [6.45, 7) is 0.806. The largest absolute Gasteiger partial charge is 0.473 e. The van der Waals surface area contributed by atoms with Crippen LogP contribution >= 0.6 is 0 Å². The SMILES string of the molecule is Cn1c(=O)n(-c2ccc(OCc3ccccc3)nc2OCc2ccccc2)c2cccc(C#CCCCCO)c21. The van der Waals surface area contributed by atoms with Crippen LogP contribution in [0.25, 0.3) is 16.7 Å². The second-order valence-corrected chi connectivity index (χ2v) is 9.36. The number of rotatable bonds is 10. The molecular weight excluding hydrogens is 502 g/mol. The monoisotopic (exact) mass is 533 g/mol. The van der Waals surface area contributed by atoms with Gasteiger partial charge < -0.3 is 14.6 Å². The number of ether oxygens (including phenoxy) is 2. The van der Waals surface area contributed by atoms with Crippen LogP contribution in [0.5, 0.6) is 11.8 Å². The first-order valence-electron chi connectivity index (χ1n) is 13.3. The van der Waals surface area contributed by atoms with Crippen LogP contribution < -0.4 is 15.2 Å². The average Bonchev–Trinajstić information content (AvgIpc) is 3.25. The van der Waals surface area contributed by atoms with Gasteiger partial charge in [-0.05, 0) is 42.2 Å². The summed E-state index contributed by atoms with van der Waals surface area (Å²) in [4.78, 5) is 18.3. The molecule has 0 amide bonds. The van der Waals surface area contributed by atoms with Crippen LogP contribution in [0.4, 0.5) is 0 Å². The number of aliphatic hydroxyl groups is 1. The minimum absolute atomic E-state index is 0.160. The van der Waals surface area contributed by atoms with E-state index in [4.69, 9.17) is 14.6 Å². The summed E-state index contributed by atoms with van der Waals surface area (Å²) < 4.78 is 15.4. The normalized spacial score (nSPS) is 10.8. The van der Waals surface area contributed by atoms with Crippen molar-refractivity contribution < 1.29 is 14.6 Å². The molecule has 3 aromatic carbocycles. The third-order valence-corrected chi connectivity index (χ3v) is 6.51. The molecule has 0 spiro atoms. The Morgan fingerprint density at radius 3 is 2.23 bits per heavy atom. The van der Waals surface area contributed by atoms with Crippen molar-refractivity contribution in [2.75, 3.05) is 6.61 Å². The highest BCUT2D eigenvalue weighted by Gasteiger charge is 2.19. The third kappa shape index (κ3) is 6.09. The van der Waals surface area contributed by atoms with Gasteiger partial charge in [0.1, 0.15) is 18.9 Å². The van der Waals surface area contributed by atoms with Crippen LogP contribution in [0.1, 0.15) is 36.0 Å². The number of benzene rings is 3. The smallest absolute Gasteiger partial charge is 0.333 e. The maximum absolute atomic E-state index is 13.6. The molecule has 1 N–H and O–H groups in total. The predicted molar refractivity (Wildman–Crippen MR) is 156 cm³/mol. The first-order valence-corrected chi connectivity index (χ1v) is 13.3. The Morgan fingerprint density at radius 2 is 1.52 bits per heavy atom. The molecule has 2 aromatic heterocycles. The van der Waals surface area contributed by atoms with Crippen molar-refractivity contribution in [2.24, 2.45) is 7.05 Å². The number of aliphatic hydroxyl groups excluding tert-OH is 1. The summed E-state index contributed by atoms with van der Waals surface area (Å²) in [5, 5.41) is 9.01. The Labute approximate surface area is 233 Å². The van der Waals surface area contributed by atoms with Gasteiger partial charge in [-0.15, -0.1) is 0 Å². The van der Waals surface area contributed by atoms with Crippen molar-refractivity contribution in [2.45, 2.75) is 32.5 Å². The van der Waals surface area contributed by atoms with E-state index in [0.717, 1.165) is 35.0 Å². The van der Waals surface area contributed by atoms with E-state index < -0.39 is 0 Å². The number of para-hydroxylation sites is 1. The molecule has 0 saturated heterocycles. The fraction of sp³-hybridized carbons (Fsp3) is 0.212. The molecule has 0 aliphatic carbocycles. The van der Waals surface area contributed by atoms with Gasteiger partial charge in [0.15, 0.2) is 0 Å². The second kappa shape index (κ2) is 12.8. The van der Waals surface area contributed by atoms with Gasteiger partial charge in [-0.25, -0.2) is 4.79 Å². The van der Waals surface area contributed by atoms with Crippen LogP contribution in [-0.4, -0.2) is 25.8 Å². The number of aromatic nitrogens is 3. The van der Waals surface area contributed by atoms with E-state index in [1.54, 1.807) is 22.2 Å². The Kier molecular flexibility index (Phi) is 8.60. The molecule has 2 heterocycles. The minimum Gasteiger partial charge on any atom is -0.473 e. The average molecular weight is 534 g/mol. The van der Waals surface area contributed by atoms with E-state index in [2.05, 4.69) is 16.8 Å². The molecule has 40 heavy (non-hydrogen) atoms. The standard InChI is InChI=1S/C33H31N3O4/c1-35-31-27(17-10-2-3-11-22-37)18-12-19-28(31)36(33(35)38)29-20-21-30(39-23-25-13-6-4-7-14-25)34-32(29)40-24-26-15-8-5-9-16-26/h4-9,12-16,18-21,37H,2-3,11,22-24H2,1H3. The van der Waals surface area contributed by atoms with E-state index in [1.807, 2.05) is 84.9 Å². The van der Waals surface area contributed by atoms with Gasteiger partial charge in [-0.3, -0.25) is 9.13 Å². The number of aryl methyl sites for hydroxylation is 1. The maximum atomic E-state index is 13.6. The van der Waals surface area contributed by atoms with E-state index in [9.17, 15) is 4.79 Å². The summed E-state index contributed by atoms with van der Waals surface area (Å²) in [6.07, 6.45) is 2.22. The van der Waals surface area contributed by atoms with Gasteiger partial charge in [0.05, 0.1) is 16.6 Å². The highest BCUT2D eigenvalue weighted by molar-refractivity contribution is 5.84. The molecule has 0 fully saturated rings. The highest BCUT2D eigenvalue weighted by Crippen LogP contribution is 2.28. The van der Waals surface area contributed by atoms with Gasteiger partial charge >= 0.3 is 5.69 Å². The van der Waals surface area contributed by atoms with Gasteiger partial charge in [0.25, 0.3) is 0 Å². The summed E-state index contributed by atoms with van der Waals surface area (Å²) in [7, 11) is 1.74. The predicted octanol–water partition coefficient (Wildman–Crippen LogP) is 5.40. The molecule has 5 rings (SSSR count). The van der Waals surface area contributed by atoms with Crippen molar-refractivity contribution in [1.82, 2.24) is 14.1 Å². The van der Waals surface area contributed by atoms with E-state index in [0.29, 0.717) is 36.0 Å². The summed E-state index contributed by atoms with van der Waals surface area (Å²) in [5.74, 6) is 7.08. The first-order chi connectivity index (χ1) is 19.7. The molecule has 0 saturated carbocycles. The second-order valence-electron chi connectivity index (χ2n) is 9.36. The molecule has 7 heteroatoms. The highest BCUT2D eigenvalue weighted by atomic mass is 16.5. The lowest BCUT2D eigenvalue weighted by atomic mass is 10.1. The van der Waals surface area contributed by atoms with Crippen molar-refractivity contribution in [1.29, 1.82) is 0 Å². The van der Waals surface area contributed by atoms with E-state index in [1.165, 1.54) is 0 Å².